The SMILES string of the molecule is CNCc1cccc(S(=O)(=O)Nc2cn(C)nc2C)c1C. The van der Waals surface area contributed by atoms with E-state index in [4.69, 9.17) is 0 Å². The van der Waals surface area contributed by atoms with Gasteiger partial charge in [-0.05, 0) is 38.1 Å². The first-order valence-corrected chi connectivity index (χ1v) is 8.09. The topological polar surface area (TPSA) is 76.0 Å². The average Bonchev–Trinajstić information content (AvgIpc) is 2.69. The van der Waals surface area contributed by atoms with E-state index >= 15 is 0 Å². The summed E-state index contributed by atoms with van der Waals surface area (Å²) >= 11 is 0. The average molecular weight is 308 g/mol. The van der Waals surface area contributed by atoms with Crippen LogP contribution in [0.1, 0.15) is 16.8 Å². The molecule has 0 saturated heterocycles. The van der Waals surface area contributed by atoms with Crippen LogP contribution in [0, 0.1) is 13.8 Å². The van der Waals surface area contributed by atoms with E-state index in [1.807, 2.05) is 20.0 Å². The van der Waals surface area contributed by atoms with E-state index in [2.05, 4.69) is 15.1 Å². The maximum Gasteiger partial charge on any atom is 0.262 e. The zero-order chi connectivity index (χ0) is 15.6. The molecule has 6 nitrogen and oxygen atoms in total. The van der Waals surface area contributed by atoms with E-state index in [1.165, 1.54) is 0 Å². The molecule has 1 aromatic heterocycles. The molecular formula is C14H20N4O2S. The first-order valence-electron chi connectivity index (χ1n) is 6.61. The van der Waals surface area contributed by atoms with Crippen LogP contribution in [0.15, 0.2) is 29.3 Å². The van der Waals surface area contributed by atoms with E-state index in [0.717, 1.165) is 11.1 Å². The first-order chi connectivity index (χ1) is 9.85. The van der Waals surface area contributed by atoms with Crippen molar-refractivity contribution in [2.75, 3.05) is 11.8 Å². The van der Waals surface area contributed by atoms with Crippen LogP contribution in [0.4, 0.5) is 5.69 Å². The summed E-state index contributed by atoms with van der Waals surface area (Å²) in [6, 6.07) is 5.28. The summed E-state index contributed by atoms with van der Waals surface area (Å²) in [4.78, 5) is 0.290. The van der Waals surface area contributed by atoms with Gasteiger partial charge in [-0.25, -0.2) is 8.42 Å². The fraction of sp³-hybridized carbons (Fsp3) is 0.357. The van der Waals surface area contributed by atoms with E-state index < -0.39 is 10.0 Å². The van der Waals surface area contributed by atoms with Crippen molar-refractivity contribution in [3.63, 3.8) is 0 Å². The Morgan fingerprint density at radius 3 is 2.57 bits per heavy atom. The molecule has 0 fully saturated rings. The van der Waals surface area contributed by atoms with Crippen LogP contribution in [0.5, 0.6) is 0 Å². The fourth-order valence-corrected chi connectivity index (χ4v) is 3.62. The number of aryl methyl sites for hydroxylation is 2. The van der Waals surface area contributed by atoms with E-state index in [1.54, 1.807) is 37.0 Å². The predicted octanol–water partition coefficient (Wildman–Crippen LogP) is 1.56. The van der Waals surface area contributed by atoms with Gasteiger partial charge in [-0.1, -0.05) is 12.1 Å². The van der Waals surface area contributed by atoms with Crippen LogP contribution in [-0.4, -0.2) is 25.2 Å². The molecule has 0 saturated carbocycles. The monoisotopic (exact) mass is 308 g/mol. The second-order valence-electron chi connectivity index (χ2n) is 4.98. The van der Waals surface area contributed by atoms with Gasteiger partial charge in [0.1, 0.15) is 0 Å². The van der Waals surface area contributed by atoms with E-state index in [-0.39, 0.29) is 0 Å². The molecule has 114 valence electrons. The molecular weight excluding hydrogens is 288 g/mol. The summed E-state index contributed by atoms with van der Waals surface area (Å²) < 4.78 is 29.3. The van der Waals surface area contributed by atoms with Crippen molar-refractivity contribution in [3.8, 4) is 0 Å². The third-order valence-corrected chi connectivity index (χ3v) is 4.82. The molecule has 0 unspecified atom stereocenters. The second kappa shape index (κ2) is 5.87. The maximum absolute atomic E-state index is 12.6. The van der Waals surface area contributed by atoms with E-state index in [0.29, 0.717) is 22.8 Å². The molecule has 0 bridgehead atoms. The minimum Gasteiger partial charge on any atom is -0.316 e. The van der Waals surface area contributed by atoms with E-state index in [9.17, 15) is 8.42 Å². The normalized spacial score (nSPS) is 11.6. The number of nitrogens with zero attached hydrogens (tertiary/aromatic N) is 2. The molecule has 1 aromatic carbocycles. The highest BCUT2D eigenvalue weighted by Gasteiger charge is 2.20. The lowest BCUT2D eigenvalue weighted by Gasteiger charge is -2.12. The molecule has 2 rings (SSSR count). The van der Waals surface area contributed by atoms with Gasteiger partial charge in [0, 0.05) is 19.8 Å². The summed E-state index contributed by atoms with van der Waals surface area (Å²) in [6.07, 6.45) is 1.65. The van der Waals surface area contributed by atoms with Crippen LogP contribution in [0.25, 0.3) is 0 Å². The van der Waals surface area contributed by atoms with Crippen LogP contribution in [-0.2, 0) is 23.6 Å². The molecule has 0 radical (unpaired) electrons. The number of nitrogens with one attached hydrogen (secondary N) is 2. The number of hydrogen-bond acceptors (Lipinski definition) is 4. The quantitative estimate of drug-likeness (QED) is 0.879. The third kappa shape index (κ3) is 3.25. The first kappa shape index (κ1) is 15.5. The Labute approximate surface area is 125 Å². The van der Waals surface area contributed by atoms with Gasteiger partial charge in [-0.2, -0.15) is 5.10 Å². The fourth-order valence-electron chi connectivity index (χ4n) is 2.23. The highest BCUT2D eigenvalue weighted by atomic mass is 32.2. The van der Waals surface area contributed by atoms with Crippen molar-refractivity contribution in [1.29, 1.82) is 0 Å². The van der Waals surface area contributed by atoms with Gasteiger partial charge in [-0.3, -0.25) is 9.40 Å². The number of benzene rings is 1. The highest BCUT2D eigenvalue weighted by molar-refractivity contribution is 7.92. The van der Waals surface area contributed by atoms with Gasteiger partial charge in [0.25, 0.3) is 10.0 Å². The Hall–Kier alpha value is -1.86. The van der Waals surface area contributed by atoms with Crippen molar-refractivity contribution in [2.45, 2.75) is 25.3 Å². The number of sulfonamides is 1. The third-order valence-electron chi connectivity index (χ3n) is 3.31. The minimum absolute atomic E-state index is 0.290. The van der Waals surface area contributed by atoms with Crippen LogP contribution < -0.4 is 10.0 Å². The lowest BCUT2D eigenvalue weighted by atomic mass is 10.1. The molecule has 0 atom stereocenters. The number of anilines is 1. The van der Waals surface area contributed by atoms with Crippen molar-refractivity contribution < 1.29 is 8.42 Å². The molecule has 0 aliphatic heterocycles. The molecule has 0 amide bonds. The van der Waals surface area contributed by atoms with Crippen molar-refractivity contribution >= 4 is 15.7 Å². The van der Waals surface area contributed by atoms with Crippen molar-refractivity contribution in [1.82, 2.24) is 15.1 Å². The lowest BCUT2D eigenvalue weighted by Crippen LogP contribution is -2.16. The highest BCUT2D eigenvalue weighted by Crippen LogP contribution is 2.23. The number of hydrogen-bond donors (Lipinski definition) is 2. The maximum atomic E-state index is 12.6. The zero-order valence-corrected chi connectivity index (χ0v) is 13.5. The van der Waals surface area contributed by atoms with Gasteiger partial charge in [0.05, 0.1) is 16.3 Å². The summed E-state index contributed by atoms with van der Waals surface area (Å²) in [7, 11) is -0.0403. The van der Waals surface area contributed by atoms with Crippen molar-refractivity contribution in [3.05, 3.63) is 41.2 Å². The predicted molar refractivity (Wildman–Crippen MR) is 82.7 cm³/mol. The van der Waals surface area contributed by atoms with Crippen LogP contribution in [0.3, 0.4) is 0 Å². The second-order valence-corrected chi connectivity index (χ2v) is 6.63. The number of rotatable bonds is 5. The summed E-state index contributed by atoms with van der Waals surface area (Å²) in [5, 5.41) is 7.18. The smallest absolute Gasteiger partial charge is 0.262 e. The minimum atomic E-state index is -3.63. The van der Waals surface area contributed by atoms with Gasteiger partial charge in [-0.15, -0.1) is 0 Å². The molecule has 21 heavy (non-hydrogen) atoms. The molecule has 0 aliphatic rings. The molecule has 1 heterocycles. The summed E-state index contributed by atoms with van der Waals surface area (Å²) in [5.74, 6) is 0. The summed E-state index contributed by atoms with van der Waals surface area (Å²) in [5.41, 5.74) is 2.85. The summed E-state index contributed by atoms with van der Waals surface area (Å²) in [6.45, 7) is 4.21. The van der Waals surface area contributed by atoms with Gasteiger partial charge >= 0.3 is 0 Å². The largest absolute Gasteiger partial charge is 0.316 e. The number of aromatic nitrogens is 2. The Morgan fingerprint density at radius 1 is 1.29 bits per heavy atom. The molecule has 0 spiro atoms. The van der Waals surface area contributed by atoms with Crippen molar-refractivity contribution in [2.24, 2.45) is 7.05 Å². The van der Waals surface area contributed by atoms with Crippen LogP contribution >= 0.6 is 0 Å². The van der Waals surface area contributed by atoms with Gasteiger partial charge in [0.15, 0.2) is 0 Å². The molecule has 2 aromatic rings. The Balaban J connectivity index is 2.40. The van der Waals surface area contributed by atoms with Crippen LogP contribution in [0.2, 0.25) is 0 Å². The lowest BCUT2D eigenvalue weighted by molar-refractivity contribution is 0.600. The Bertz CT molecular complexity index is 750. The zero-order valence-electron chi connectivity index (χ0n) is 12.6. The van der Waals surface area contributed by atoms with Gasteiger partial charge in [0.2, 0.25) is 0 Å². The molecule has 0 aliphatic carbocycles. The Kier molecular flexibility index (Phi) is 4.34. The standard InChI is InChI=1S/C14H20N4O2S/c1-10-12(8-15-3)6-5-7-14(10)21(19,20)17-13-9-18(4)16-11(13)2/h5-7,9,15,17H,8H2,1-4H3. The molecule has 2 N–H and O–H groups in total. The molecule has 7 heteroatoms. The van der Waals surface area contributed by atoms with Gasteiger partial charge < -0.3 is 5.32 Å². The Morgan fingerprint density at radius 2 is 2.00 bits per heavy atom.